The highest BCUT2D eigenvalue weighted by Gasteiger charge is 2.26. The van der Waals surface area contributed by atoms with Gasteiger partial charge in [-0.2, -0.15) is 0 Å². The number of aromatic nitrogens is 2. The number of hydrogen-bond donors (Lipinski definition) is 1. The second-order valence-corrected chi connectivity index (χ2v) is 7.45. The van der Waals surface area contributed by atoms with E-state index in [1.165, 1.54) is 11.8 Å². The zero-order chi connectivity index (χ0) is 15.8. The third kappa shape index (κ3) is 3.35. The molecule has 0 bridgehead atoms. The second-order valence-electron chi connectivity index (χ2n) is 6.10. The minimum Gasteiger partial charge on any atom is -0.481 e. The Hall–Kier alpha value is -1.20. The third-order valence-corrected chi connectivity index (χ3v) is 4.85. The molecule has 2 rings (SSSR count). The molecule has 1 atom stereocenters. The number of carbonyl (C=O) groups is 1. The molecule has 0 spiro atoms. The molecule has 4 nitrogen and oxygen atoms in total. The molecule has 21 heavy (non-hydrogen) atoms. The summed E-state index contributed by atoms with van der Waals surface area (Å²) in [6.45, 7) is 8.58. The van der Waals surface area contributed by atoms with Crippen molar-refractivity contribution in [1.82, 2.24) is 9.55 Å². The summed E-state index contributed by atoms with van der Waals surface area (Å²) in [6.07, 6.45) is 0. The lowest BCUT2D eigenvalue weighted by Gasteiger charge is -2.30. The summed E-state index contributed by atoms with van der Waals surface area (Å²) in [5.41, 5.74) is 1.69. The van der Waals surface area contributed by atoms with Gasteiger partial charge in [0.05, 0.1) is 16.3 Å². The molecule has 114 valence electrons. The van der Waals surface area contributed by atoms with E-state index in [2.05, 4.69) is 37.2 Å². The molecule has 0 saturated heterocycles. The monoisotopic (exact) mass is 326 g/mol. The molecular formula is C15H19ClN2O2S. The maximum atomic E-state index is 10.8. The highest BCUT2D eigenvalue weighted by molar-refractivity contribution is 7.99. The van der Waals surface area contributed by atoms with Crippen LogP contribution in [0.5, 0.6) is 0 Å². The van der Waals surface area contributed by atoms with E-state index in [1.54, 1.807) is 6.07 Å². The van der Waals surface area contributed by atoms with E-state index >= 15 is 0 Å². The Morgan fingerprint density at radius 1 is 1.48 bits per heavy atom. The van der Waals surface area contributed by atoms with Crippen LogP contribution in [0.15, 0.2) is 23.4 Å². The average Bonchev–Trinajstić information content (AvgIpc) is 2.74. The van der Waals surface area contributed by atoms with Crippen LogP contribution in [0, 0.1) is 5.41 Å². The Labute approximate surface area is 133 Å². The lowest BCUT2D eigenvalue weighted by Crippen LogP contribution is -2.22. The van der Waals surface area contributed by atoms with Crippen molar-refractivity contribution < 1.29 is 9.90 Å². The quantitative estimate of drug-likeness (QED) is 0.842. The van der Waals surface area contributed by atoms with Crippen LogP contribution in [-0.4, -0.2) is 26.4 Å². The van der Waals surface area contributed by atoms with Gasteiger partial charge in [-0.3, -0.25) is 4.79 Å². The minimum atomic E-state index is -0.854. The van der Waals surface area contributed by atoms with Crippen molar-refractivity contribution in [2.45, 2.75) is 38.9 Å². The predicted molar refractivity (Wildman–Crippen MR) is 87.3 cm³/mol. The summed E-state index contributed by atoms with van der Waals surface area (Å²) in [4.78, 5) is 15.4. The molecule has 1 aromatic heterocycles. The van der Waals surface area contributed by atoms with Gasteiger partial charge in [0, 0.05) is 6.04 Å². The predicted octanol–water partition coefficient (Wildman–Crippen LogP) is 4.47. The number of fused-ring (bicyclic) bond motifs is 1. The van der Waals surface area contributed by atoms with Crippen molar-refractivity contribution >= 4 is 40.4 Å². The van der Waals surface area contributed by atoms with E-state index in [1.807, 2.05) is 12.1 Å². The number of carboxylic acid groups (broad SMARTS) is 1. The van der Waals surface area contributed by atoms with Crippen molar-refractivity contribution in [2.24, 2.45) is 5.41 Å². The topological polar surface area (TPSA) is 55.1 Å². The number of benzene rings is 1. The first kappa shape index (κ1) is 16.2. The van der Waals surface area contributed by atoms with Crippen molar-refractivity contribution in [1.29, 1.82) is 0 Å². The Morgan fingerprint density at radius 2 is 2.14 bits per heavy atom. The number of nitrogens with zero attached hydrogens (tertiary/aromatic N) is 2. The fourth-order valence-electron chi connectivity index (χ4n) is 2.05. The Morgan fingerprint density at radius 3 is 2.71 bits per heavy atom. The molecule has 1 N–H and O–H groups in total. The second kappa shape index (κ2) is 5.89. The van der Waals surface area contributed by atoms with E-state index in [9.17, 15) is 4.79 Å². The summed E-state index contributed by atoms with van der Waals surface area (Å²) in [5, 5.41) is 10.2. The van der Waals surface area contributed by atoms with Gasteiger partial charge in [0.2, 0.25) is 0 Å². The molecule has 1 unspecified atom stereocenters. The van der Waals surface area contributed by atoms with Crippen LogP contribution >= 0.6 is 23.4 Å². The van der Waals surface area contributed by atoms with E-state index in [0.717, 1.165) is 11.0 Å². The van der Waals surface area contributed by atoms with E-state index < -0.39 is 5.97 Å². The lowest BCUT2D eigenvalue weighted by molar-refractivity contribution is -0.133. The molecule has 0 fully saturated rings. The summed E-state index contributed by atoms with van der Waals surface area (Å²) >= 11 is 7.45. The van der Waals surface area contributed by atoms with Crippen molar-refractivity contribution in [3.63, 3.8) is 0 Å². The van der Waals surface area contributed by atoms with Gasteiger partial charge in [-0.25, -0.2) is 4.98 Å². The zero-order valence-electron chi connectivity index (χ0n) is 12.6. The number of carboxylic acids is 1. The number of halogens is 1. The van der Waals surface area contributed by atoms with Crippen molar-refractivity contribution in [3.8, 4) is 0 Å². The number of hydrogen-bond acceptors (Lipinski definition) is 3. The number of thioether (sulfide) groups is 1. The SMILES string of the molecule is CC(n1c(SCC(=O)O)nc2c(Cl)cccc21)C(C)(C)C. The highest BCUT2D eigenvalue weighted by atomic mass is 35.5. The Kier molecular flexibility index (Phi) is 4.54. The normalized spacial score (nSPS) is 13.6. The fourth-order valence-corrected chi connectivity index (χ4v) is 3.07. The molecule has 0 aliphatic heterocycles. The third-order valence-electron chi connectivity index (χ3n) is 3.60. The molecule has 6 heteroatoms. The fraction of sp³-hybridized carbons (Fsp3) is 0.467. The van der Waals surface area contributed by atoms with Crippen LogP contribution in [0.2, 0.25) is 5.02 Å². The number of rotatable bonds is 4. The van der Waals surface area contributed by atoms with E-state index in [0.29, 0.717) is 10.2 Å². The number of imidazole rings is 1. The number of aliphatic carboxylic acids is 1. The van der Waals surface area contributed by atoms with Gasteiger partial charge in [0.1, 0.15) is 5.52 Å². The van der Waals surface area contributed by atoms with Crippen LogP contribution in [0.1, 0.15) is 33.7 Å². The molecule has 0 amide bonds. The van der Waals surface area contributed by atoms with Crippen LogP contribution in [0.4, 0.5) is 0 Å². The standard InChI is InChI=1S/C15H19ClN2O2S/c1-9(15(2,3)4)18-11-7-5-6-10(16)13(11)17-14(18)21-8-12(19)20/h5-7,9H,8H2,1-4H3,(H,19,20). The van der Waals surface area contributed by atoms with E-state index in [4.69, 9.17) is 16.7 Å². The molecule has 1 aromatic carbocycles. The molecule has 0 aliphatic rings. The van der Waals surface area contributed by atoms with Crippen LogP contribution in [0.25, 0.3) is 11.0 Å². The van der Waals surface area contributed by atoms with E-state index in [-0.39, 0.29) is 17.2 Å². The Bertz CT molecular complexity index is 676. The van der Waals surface area contributed by atoms with Gasteiger partial charge in [0.25, 0.3) is 0 Å². The molecule has 1 heterocycles. The smallest absolute Gasteiger partial charge is 0.313 e. The minimum absolute atomic E-state index is 0.0161. The highest BCUT2D eigenvalue weighted by Crippen LogP contribution is 2.38. The van der Waals surface area contributed by atoms with Gasteiger partial charge >= 0.3 is 5.97 Å². The van der Waals surface area contributed by atoms with Crippen LogP contribution < -0.4 is 0 Å². The molecule has 2 aromatic rings. The van der Waals surface area contributed by atoms with Gasteiger partial charge < -0.3 is 9.67 Å². The molecule has 0 aliphatic carbocycles. The van der Waals surface area contributed by atoms with Gasteiger partial charge in [-0.05, 0) is 24.5 Å². The molecule has 0 saturated carbocycles. The van der Waals surface area contributed by atoms with Gasteiger partial charge in [0.15, 0.2) is 5.16 Å². The first-order valence-electron chi connectivity index (χ1n) is 6.73. The van der Waals surface area contributed by atoms with Crippen molar-refractivity contribution in [3.05, 3.63) is 23.2 Å². The zero-order valence-corrected chi connectivity index (χ0v) is 14.1. The number of para-hydroxylation sites is 1. The Balaban J connectivity index is 2.60. The summed E-state index contributed by atoms with van der Waals surface area (Å²) in [5.74, 6) is -0.870. The first-order chi connectivity index (χ1) is 9.71. The lowest BCUT2D eigenvalue weighted by atomic mass is 9.88. The largest absolute Gasteiger partial charge is 0.481 e. The molecule has 0 radical (unpaired) electrons. The maximum absolute atomic E-state index is 10.8. The molecular weight excluding hydrogens is 308 g/mol. The van der Waals surface area contributed by atoms with Crippen LogP contribution in [0.3, 0.4) is 0 Å². The van der Waals surface area contributed by atoms with Gasteiger partial charge in [-0.1, -0.05) is 50.2 Å². The maximum Gasteiger partial charge on any atom is 0.313 e. The average molecular weight is 327 g/mol. The first-order valence-corrected chi connectivity index (χ1v) is 8.09. The van der Waals surface area contributed by atoms with Crippen molar-refractivity contribution in [2.75, 3.05) is 5.75 Å². The summed E-state index contributed by atoms with van der Waals surface area (Å²) in [6, 6.07) is 5.83. The summed E-state index contributed by atoms with van der Waals surface area (Å²) in [7, 11) is 0. The van der Waals surface area contributed by atoms with Crippen LogP contribution in [-0.2, 0) is 4.79 Å². The van der Waals surface area contributed by atoms with Gasteiger partial charge in [-0.15, -0.1) is 0 Å². The summed E-state index contributed by atoms with van der Waals surface area (Å²) < 4.78 is 2.09.